The molecular formula is C14H15BrN2O. The molecule has 0 N–H and O–H groups in total. The lowest BCUT2D eigenvalue weighted by Crippen LogP contribution is -2.29. The molecule has 3 nitrogen and oxygen atoms in total. The van der Waals surface area contributed by atoms with Crippen molar-refractivity contribution in [3.8, 4) is 6.07 Å². The lowest BCUT2D eigenvalue weighted by molar-refractivity contribution is -0.125. The molecule has 0 fully saturated rings. The van der Waals surface area contributed by atoms with Gasteiger partial charge in [0.1, 0.15) is 0 Å². The number of rotatable bonds is 4. The minimum absolute atomic E-state index is 0.0972. The summed E-state index contributed by atoms with van der Waals surface area (Å²) >= 11 is 3.35. The number of hydrogen-bond acceptors (Lipinski definition) is 2. The van der Waals surface area contributed by atoms with E-state index in [-0.39, 0.29) is 11.8 Å². The molecule has 1 atom stereocenters. The zero-order chi connectivity index (χ0) is 13.5. The van der Waals surface area contributed by atoms with Crippen molar-refractivity contribution in [2.24, 2.45) is 5.92 Å². The van der Waals surface area contributed by atoms with Crippen molar-refractivity contribution in [1.82, 2.24) is 4.90 Å². The van der Waals surface area contributed by atoms with Crippen molar-refractivity contribution in [3.05, 3.63) is 40.4 Å². The van der Waals surface area contributed by atoms with Gasteiger partial charge in [-0.05, 0) is 30.7 Å². The van der Waals surface area contributed by atoms with Gasteiger partial charge in [0.2, 0.25) is 5.91 Å². The lowest BCUT2D eigenvalue weighted by Gasteiger charge is -2.15. The highest BCUT2D eigenvalue weighted by Crippen LogP contribution is 2.11. The van der Waals surface area contributed by atoms with Crippen LogP contribution in [0.25, 0.3) is 6.08 Å². The number of amides is 1. The van der Waals surface area contributed by atoms with Crippen LogP contribution in [0.5, 0.6) is 0 Å². The van der Waals surface area contributed by atoms with Crippen LogP contribution in [-0.2, 0) is 4.79 Å². The summed E-state index contributed by atoms with van der Waals surface area (Å²) in [6.45, 7) is 2.24. The van der Waals surface area contributed by atoms with Crippen molar-refractivity contribution in [3.63, 3.8) is 0 Å². The minimum atomic E-state index is -0.153. The van der Waals surface area contributed by atoms with Crippen LogP contribution in [0.2, 0.25) is 0 Å². The average molecular weight is 307 g/mol. The Labute approximate surface area is 116 Å². The van der Waals surface area contributed by atoms with E-state index in [9.17, 15) is 4.79 Å². The zero-order valence-electron chi connectivity index (χ0n) is 10.4. The first kappa shape index (κ1) is 14.5. The van der Waals surface area contributed by atoms with E-state index in [0.717, 1.165) is 10.0 Å². The monoisotopic (exact) mass is 306 g/mol. The van der Waals surface area contributed by atoms with Gasteiger partial charge >= 0.3 is 0 Å². The van der Waals surface area contributed by atoms with E-state index in [4.69, 9.17) is 5.26 Å². The number of nitriles is 1. The topological polar surface area (TPSA) is 44.1 Å². The standard InChI is InChI=1S/C14H15BrN2O/c1-11(9-16)10-17(2)14(18)8-5-12-3-6-13(15)7-4-12/h3-8,11H,10H2,1-2H3. The molecule has 0 aliphatic rings. The molecule has 0 heterocycles. The Morgan fingerprint density at radius 1 is 1.50 bits per heavy atom. The second-order valence-electron chi connectivity index (χ2n) is 4.13. The summed E-state index contributed by atoms with van der Waals surface area (Å²) in [5, 5.41) is 8.69. The third-order valence-corrected chi connectivity index (χ3v) is 2.96. The molecule has 0 aliphatic heterocycles. The number of carbonyl (C=O) groups is 1. The summed E-state index contributed by atoms with van der Waals surface area (Å²) in [5.74, 6) is -0.250. The number of hydrogen-bond donors (Lipinski definition) is 0. The third-order valence-electron chi connectivity index (χ3n) is 2.43. The Morgan fingerprint density at radius 3 is 2.67 bits per heavy atom. The fourth-order valence-electron chi connectivity index (χ4n) is 1.41. The average Bonchev–Trinajstić information content (AvgIpc) is 2.37. The van der Waals surface area contributed by atoms with Gasteiger partial charge in [0, 0.05) is 24.1 Å². The van der Waals surface area contributed by atoms with Crippen molar-refractivity contribution >= 4 is 27.9 Å². The SMILES string of the molecule is CC(C#N)CN(C)C(=O)C=Cc1ccc(Br)cc1. The molecule has 94 valence electrons. The molecule has 1 rings (SSSR count). The molecule has 4 heteroatoms. The van der Waals surface area contributed by atoms with Gasteiger partial charge in [-0.1, -0.05) is 28.1 Å². The van der Waals surface area contributed by atoms with Gasteiger partial charge in [0.05, 0.1) is 12.0 Å². The van der Waals surface area contributed by atoms with E-state index in [2.05, 4.69) is 22.0 Å². The molecule has 1 amide bonds. The van der Waals surface area contributed by atoms with Crippen molar-refractivity contribution < 1.29 is 4.79 Å². The summed E-state index contributed by atoms with van der Waals surface area (Å²) in [6, 6.07) is 9.80. The summed E-state index contributed by atoms with van der Waals surface area (Å²) in [5.41, 5.74) is 0.966. The van der Waals surface area contributed by atoms with E-state index in [0.29, 0.717) is 6.54 Å². The zero-order valence-corrected chi connectivity index (χ0v) is 12.0. The van der Waals surface area contributed by atoms with Crippen molar-refractivity contribution in [2.45, 2.75) is 6.92 Å². The first-order chi connectivity index (χ1) is 8.52. The molecular weight excluding hydrogens is 292 g/mol. The van der Waals surface area contributed by atoms with Crippen LogP contribution in [0.1, 0.15) is 12.5 Å². The molecule has 0 aliphatic carbocycles. The number of likely N-dealkylation sites (N-methyl/N-ethyl adjacent to an activating group) is 1. The first-order valence-corrected chi connectivity index (χ1v) is 6.40. The van der Waals surface area contributed by atoms with E-state index >= 15 is 0 Å². The number of benzene rings is 1. The van der Waals surface area contributed by atoms with Gasteiger partial charge in [0.25, 0.3) is 0 Å². The van der Waals surface area contributed by atoms with Crippen molar-refractivity contribution in [1.29, 1.82) is 5.26 Å². The summed E-state index contributed by atoms with van der Waals surface area (Å²) in [4.78, 5) is 13.3. The second kappa shape index (κ2) is 6.97. The molecule has 1 unspecified atom stereocenters. The Balaban J connectivity index is 2.59. The van der Waals surface area contributed by atoms with Crippen molar-refractivity contribution in [2.75, 3.05) is 13.6 Å². The molecule has 1 aromatic rings. The second-order valence-corrected chi connectivity index (χ2v) is 5.05. The predicted molar refractivity (Wildman–Crippen MR) is 75.6 cm³/mol. The predicted octanol–water partition coefficient (Wildman–Crippen LogP) is 3.08. The highest BCUT2D eigenvalue weighted by Gasteiger charge is 2.08. The van der Waals surface area contributed by atoms with Crippen LogP contribution in [0, 0.1) is 17.2 Å². The first-order valence-electron chi connectivity index (χ1n) is 5.61. The van der Waals surface area contributed by atoms with Gasteiger partial charge < -0.3 is 4.90 Å². The van der Waals surface area contributed by atoms with Gasteiger partial charge in [-0.3, -0.25) is 4.79 Å². The van der Waals surface area contributed by atoms with Crippen LogP contribution in [0.4, 0.5) is 0 Å². The quantitative estimate of drug-likeness (QED) is 0.802. The Hall–Kier alpha value is -1.60. The maximum atomic E-state index is 11.8. The normalized spacial score (nSPS) is 12.1. The van der Waals surface area contributed by atoms with Crippen LogP contribution >= 0.6 is 15.9 Å². The van der Waals surface area contributed by atoms with Gasteiger partial charge in [-0.2, -0.15) is 5.26 Å². The van der Waals surface area contributed by atoms with E-state index in [1.54, 1.807) is 24.9 Å². The maximum Gasteiger partial charge on any atom is 0.246 e. The Morgan fingerprint density at radius 2 is 2.11 bits per heavy atom. The highest BCUT2D eigenvalue weighted by atomic mass is 79.9. The van der Waals surface area contributed by atoms with E-state index in [1.165, 1.54) is 6.08 Å². The van der Waals surface area contributed by atoms with E-state index in [1.807, 2.05) is 24.3 Å². The molecule has 1 aromatic carbocycles. The minimum Gasteiger partial charge on any atom is -0.341 e. The highest BCUT2D eigenvalue weighted by molar-refractivity contribution is 9.10. The smallest absolute Gasteiger partial charge is 0.246 e. The van der Waals surface area contributed by atoms with Crippen LogP contribution < -0.4 is 0 Å². The largest absolute Gasteiger partial charge is 0.341 e. The third kappa shape index (κ3) is 4.72. The lowest BCUT2D eigenvalue weighted by atomic mass is 10.2. The maximum absolute atomic E-state index is 11.8. The van der Waals surface area contributed by atoms with E-state index < -0.39 is 0 Å². The summed E-state index contributed by atoms with van der Waals surface area (Å²) in [7, 11) is 1.70. The van der Waals surface area contributed by atoms with Crippen LogP contribution in [0.15, 0.2) is 34.8 Å². The fraction of sp³-hybridized carbons (Fsp3) is 0.286. The molecule has 0 bridgehead atoms. The molecule has 0 saturated carbocycles. The number of halogens is 1. The summed E-state index contributed by atoms with van der Waals surface area (Å²) in [6.07, 6.45) is 3.29. The van der Waals surface area contributed by atoms with Gasteiger partial charge in [-0.25, -0.2) is 0 Å². The van der Waals surface area contributed by atoms with Crippen LogP contribution in [0.3, 0.4) is 0 Å². The molecule has 0 spiro atoms. The molecule has 18 heavy (non-hydrogen) atoms. The molecule has 0 radical (unpaired) electrons. The number of carbonyl (C=O) groups excluding carboxylic acids is 1. The van der Waals surface area contributed by atoms with Crippen LogP contribution in [-0.4, -0.2) is 24.4 Å². The Bertz CT molecular complexity index is 474. The summed E-state index contributed by atoms with van der Waals surface area (Å²) < 4.78 is 1.01. The fourth-order valence-corrected chi connectivity index (χ4v) is 1.67. The van der Waals surface area contributed by atoms with Gasteiger partial charge in [-0.15, -0.1) is 0 Å². The molecule has 0 aromatic heterocycles. The Kier molecular flexibility index (Phi) is 5.60. The molecule has 0 saturated heterocycles. The number of nitrogens with zero attached hydrogens (tertiary/aromatic N) is 2. The van der Waals surface area contributed by atoms with Gasteiger partial charge in [0.15, 0.2) is 0 Å².